The maximum absolute atomic E-state index is 11.9. The number of benzene rings is 11. The smallest absolute Gasteiger partial charge is 0.421 e. The number of ether oxygens (including phenoxy) is 2. The highest BCUT2D eigenvalue weighted by Gasteiger charge is 2.60. The zero-order valence-corrected chi connectivity index (χ0v) is 86.8. The number of rotatable bonds is 34. The molecule has 2 aromatic heterocycles. The highest BCUT2D eigenvalue weighted by atomic mass is 35.5. The number of hydrogen-bond donors (Lipinski definition) is 2. The molecule has 0 amide bonds. The third kappa shape index (κ3) is 26.5. The first-order valence-corrected chi connectivity index (χ1v) is 52.9. The summed E-state index contributed by atoms with van der Waals surface area (Å²) in [6, 6.07) is 82.6. The van der Waals surface area contributed by atoms with Crippen LogP contribution in [0.15, 0.2) is 283 Å². The number of aliphatic hydroxyl groups is 2. The fraction of sp³-hybridized carbons (Fsp3) is 0.356. The van der Waals surface area contributed by atoms with Crippen molar-refractivity contribution in [2.75, 3.05) is 47.4 Å². The highest BCUT2D eigenvalue weighted by Crippen LogP contribution is 2.46. The maximum Gasteiger partial charge on any atom is 0.421 e. The molecule has 0 saturated carbocycles. The molecule has 2 aliphatic carbocycles. The molecule has 0 saturated heterocycles. The van der Waals surface area contributed by atoms with Gasteiger partial charge in [-0.3, -0.25) is 0 Å². The van der Waals surface area contributed by atoms with Crippen LogP contribution in [0.1, 0.15) is 186 Å². The summed E-state index contributed by atoms with van der Waals surface area (Å²) in [5, 5.41) is 20.2. The monoisotopic (exact) mass is 2070 g/mol. The standard InChI is InChI=1S/2C51H55N2O.C10H16N.2C3H3F5O4S.ClH/c2*1-5-8-31-52-45(43-19-11-15-37-17-13-21-47(52)50(37)43)29-25-40-34-36(4)35-41(49(40)39-23-27-42(28-24-39)54-33-10-7-3)26-30-46-44-20-12-16-38-18-14-22-48(51(38)44)53(46)32-9-6-2;1-11(2,3)9-10-7-5-4-6-8-10;2*4-2(5,6)1(9)3(7,8)13(10,11)12;/h2*11-30,36H,5-10,31-35H2,1-4H3;4-8H,9H2,1-3H3;2*1,9H,(H,10,11,12);1H/q3*+1;;;/p-3. The van der Waals surface area contributed by atoms with E-state index in [1.807, 2.05) is 0 Å². The lowest BCUT2D eigenvalue weighted by Gasteiger charge is -2.27. The molecule has 0 radical (unpaired) electrons. The summed E-state index contributed by atoms with van der Waals surface area (Å²) in [7, 11) is -6.47. The van der Waals surface area contributed by atoms with Crippen LogP contribution in [-0.2, 0) is 39.9 Å². The lowest BCUT2D eigenvalue weighted by Crippen LogP contribution is -3.00. The van der Waals surface area contributed by atoms with E-state index in [4.69, 9.17) is 19.7 Å². The summed E-state index contributed by atoms with van der Waals surface area (Å²) in [5.41, 5.74) is 23.0. The minimum absolute atomic E-state index is 0. The fourth-order valence-electron chi connectivity index (χ4n) is 19.5. The average Bonchev–Trinajstić information content (AvgIpc) is 1.65. The first kappa shape index (κ1) is 113. The molecule has 28 heteroatoms. The molecule has 11 aromatic carbocycles. The fourth-order valence-corrected chi connectivity index (χ4v) is 20.3. The van der Waals surface area contributed by atoms with E-state index in [-0.39, 0.29) is 12.4 Å². The Morgan fingerprint density at radius 2 is 0.747 bits per heavy atom. The first-order chi connectivity index (χ1) is 69.1. The molecule has 4 aliphatic rings. The molecule has 0 bridgehead atoms. The number of nitrogens with zero attached hydrogens (tertiary/aromatic N) is 5. The molecule has 2 N–H and O–H groups in total. The van der Waals surface area contributed by atoms with Crippen molar-refractivity contribution in [3.63, 3.8) is 0 Å². The van der Waals surface area contributed by atoms with Gasteiger partial charge in [-0.25, -0.2) is 16.8 Å². The van der Waals surface area contributed by atoms with Crippen molar-refractivity contribution in [2.24, 2.45) is 11.8 Å². The molecule has 13 aromatic rings. The lowest BCUT2D eigenvalue weighted by atomic mass is 9.78. The summed E-state index contributed by atoms with van der Waals surface area (Å²) in [5.74, 6) is 2.95. The zero-order valence-electron chi connectivity index (χ0n) is 84.4. The molecule has 0 spiro atoms. The van der Waals surface area contributed by atoms with Crippen LogP contribution in [0.25, 0.3) is 88.2 Å². The minimum atomic E-state index is -6.54. The Kier molecular flexibility index (Phi) is 38.2. The third-order valence-electron chi connectivity index (χ3n) is 26.5. The molecule has 2 aliphatic heterocycles. The van der Waals surface area contributed by atoms with E-state index in [9.17, 15) is 69.8 Å². The number of halogens is 11. The molecule has 776 valence electrons. The van der Waals surface area contributed by atoms with Gasteiger partial charge >= 0.3 is 22.9 Å². The van der Waals surface area contributed by atoms with Crippen molar-refractivity contribution in [1.29, 1.82) is 0 Å². The van der Waals surface area contributed by atoms with E-state index < -0.39 is 55.3 Å². The minimum Gasteiger partial charge on any atom is -1.00 e. The number of aryl methyl sites for hydroxylation is 2. The Hall–Kier alpha value is -11.8. The van der Waals surface area contributed by atoms with Gasteiger partial charge in [0, 0.05) is 99.1 Å². The van der Waals surface area contributed by atoms with E-state index >= 15 is 0 Å². The van der Waals surface area contributed by atoms with E-state index in [1.165, 1.54) is 185 Å². The van der Waals surface area contributed by atoms with E-state index in [0.717, 1.165) is 139 Å². The van der Waals surface area contributed by atoms with Crippen molar-refractivity contribution in [3.8, 4) is 11.5 Å². The van der Waals surface area contributed by atoms with Crippen molar-refractivity contribution in [3.05, 3.63) is 322 Å². The number of alkyl halides is 10. The van der Waals surface area contributed by atoms with Gasteiger partial charge in [-0.1, -0.05) is 282 Å². The van der Waals surface area contributed by atoms with Crippen LogP contribution < -0.4 is 32.6 Å². The van der Waals surface area contributed by atoms with Crippen molar-refractivity contribution >= 4 is 131 Å². The van der Waals surface area contributed by atoms with Gasteiger partial charge in [0.1, 0.15) is 31.1 Å². The Morgan fingerprint density at radius 3 is 1.08 bits per heavy atom. The van der Waals surface area contributed by atoms with Gasteiger partial charge in [0.2, 0.25) is 35.0 Å². The molecule has 4 atom stereocenters. The quantitative estimate of drug-likeness (QED) is 0.0129. The van der Waals surface area contributed by atoms with Gasteiger partial charge < -0.3 is 54.8 Å². The zero-order chi connectivity index (χ0) is 105. The number of hydrogen-bond acceptors (Lipinski definition) is 10. The van der Waals surface area contributed by atoms with Crippen molar-refractivity contribution in [1.82, 2.24) is 9.13 Å². The molecular formula is C118H130ClF10N5O10S2. The van der Waals surface area contributed by atoms with Crippen molar-refractivity contribution < 1.29 is 116 Å². The molecular weight excluding hydrogens is 1940 g/mol. The SMILES string of the molecule is CCCCOc1ccc(C2=C(/C=C/C3=[N+](CCCC)c4cccc5cccc3c45)CC(C)C/C2=C\C=c2/c3cccc4cccc(c43)n2CCCC)cc1.CCCCOc1ccc(C2=C(/C=C/C3=[N+](CCCC)c4cccc5cccc3c45)CC(C)C/C2=C\C=c2/c3cccc4cccc(c43)n2CCCC)cc1.C[N+](C)(C)Cc1ccccc1.O=S(=O)([O-])C(F)(F)C(O)C(F)(F)F.O=S(=O)([O-])C(F)(F)C(O)C(F)(F)F.[Cl-]. The van der Waals surface area contributed by atoms with Crippen LogP contribution in [0.4, 0.5) is 55.3 Å². The summed E-state index contributed by atoms with van der Waals surface area (Å²) < 4.78 is 197. The second-order valence-electron chi connectivity index (χ2n) is 38.8. The van der Waals surface area contributed by atoms with Crippen LogP contribution >= 0.6 is 0 Å². The van der Waals surface area contributed by atoms with E-state index in [0.29, 0.717) is 11.8 Å². The van der Waals surface area contributed by atoms with Crippen LogP contribution in [0, 0.1) is 11.8 Å². The van der Waals surface area contributed by atoms with Gasteiger partial charge in [-0.15, -0.1) is 0 Å². The average molecular weight is 2070 g/mol. The van der Waals surface area contributed by atoms with Crippen LogP contribution in [0.5, 0.6) is 11.5 Å². The van der Waals surface area contributed by atoms with Crippen LogP contribution in [0.2, 0.25) is 0 Å². The molecule has 0 fully saturated rings. The topological polar surface area (TPSA) is 189 Å². The van der Waals surface area contributed by atoms with Gasteiger partial charge in [0.15, 0.2) is 20.2 Å². The molecule has 146 heavy (non-hydrogen) atoms. The number of unbranched alkanes of at least 4 members (excludes halogenated alkanes) is 6. The summed E-state index contributed by atoms with van der Waals surface area (Å²) in [4.78, 5) is 0. The second kappa shape index (κ2) is 49.4. The lowest BCUT2D eigenvalue weighted by molar-refractivity contribution is -0.884. The number of allylic oxidation sites excluding steroid dienone is 12. The predicted octanol–water partition coefficient (Wildman–Crippen LogP) is 24.5. The number of aliphatic hydroxyl groups excluding tert-OH is 2. The van der Waals surface area contributed by atoms with Gasteiger partial charge in [0.05, 0.1) is 56.3 Å². The van der Waals surface area contributed by atoms with Crippen molar-refractivity contribution in [2.45, 2.75) is 213 Å². The summed E-state index contributed by atoms with van der Waals surface area (Å²) in [6.45, 7) is 25.1. The Bertz CT molecular complexity index is 6970. The van der Waals surface area contributed by atoms with Gasteiger partial charge in [-0.2, -0.15) is 53.1 Å². The van der Waals surface area contributed by atoms with Crippen LogP contribution in [-0.4, -0.2) is 153 Å². The molecule has 17 rings (SSSR count). The third-order valence-corrected chi connectivity index (χ3v) is 28.3. The van der Waals surface area contributed by atoms with Gasteiger partial charge in [-0.05, 0) is 190 Å². The van der Waals surface area contributed by atoms with E-state index in [1.54, 1.807) is 0 Å². The van der Waals surface area contributed by atoms with E-state index in [2.05, 4.69) is 368 Å². The Balaban J connectivity index is 0.000000192. The highest BCUT2D eigenvalue weighted by molar-refractivity contribution is 7.87. The second-order valence-corrected chi connectivity index (χ2v) is 41.7. The summed E-state index contributed by atoms with van der Waals surface area (Å²) in [6.07, 6.45) is 16.7. The summed E-state index contributed by atoms with van der Waals surface area (Å²) >= 11 is 0. The predicted molar refractivity (Wildman–Crippen MR) is 564 cm³/mol. The van der Waals surface area contributed by atoms with Crippen LogP contribution in [0.3, 0.4) is 0 Å². The number of aromatic nitrogens is 2. The Labute approximate surface area is 855 Å². The molecule has 15 nitrogen and oxygen atoms in total. The Morgan fingerprint density at radius 1 is 0.411 bits per heavy atom. The maximum atomic E-state index is 11.9. The largest absolute Gasteiger partial charge is 1.00 e. The first-order valence-electron chi connectivity index (χ1n) is 50.1. The molecule has 4 unspecified atom stereocenters. The normalized spacial score (nSPS) is 16.6. The number of quaternary nitrogens is 1. The van der Waals surface area contributed by atoms with Gasteiger partial charge in [0.25, 0.3) is 0 Å². The molecule has 4 heterocycles.